The van der Waals surface area contributed by atoms with Crippen molar-refractivity contribution in [2.75, 3.05) is 34.4 Å². The van der Waals surface area contributed by atoms with Gasteiger partial charge in [0.15, 0.2) is 17.2 Å². The molecule has 0 atom stereocenters. The molecule has 2 aromatic carbocycles. The second-order valence-corrected chi connectivity index (χ2v) is 7.87. The van der Waals surface area contributed by atoms with Gasteiger partial charge in [0, 0.05) is 31.3 Å². The van der Waals surface area contributed by atoms with E-state index >= 15 is 0 Å². The number of carbonyl (C=O) groups is 2. The van der Waals surface area contributed by atoms with Gasteiger partial charge in [-0.15, -0.1) is 0 Å². The van der Waals surface area contributed by atoms with Crippen LogP contribution < -0.4 is 19.5 Å². The average molecular weight is 465 g/mol. The van der Waals surface area contributed by atoms with Gasteiger partial charge < -0.3 is 24.4 Å². The molecule has 9 nitrogen and oxygen atoms in total. The first-order valence-corrected chi connectivity index (χ1v) is 11.0. The van der Waals surface area contributed by atoms with Gasteiger partial charge in [0.1, 0.15) is 11.4 Å². The molecule has 0 saturated heterocycles. The minimum absolute atomic E-state index is 0.158. The molecule has 0 fully saturated rings. The zero-order valence-corrected chi connectivity index (χ0v) is 19.5. The number of para-hydroxylation sites is 1. The van der Waals surface area contributed by atoms with E-state index in [4.69, 9.17) is 14.2 Å². The molecule has 2 amide bonds. The van der Waals surface area contributed by atoms with Gasteiger partial charge in [0.05, 0.1) is 27.9 Å². The normalized spacial score (nSPS) is 12.8. The largest absolute Gasteiger partial charge is 0.496 e. The van der Waals surface area contributed by atoms with E-state index in [0.717, 1.165) is 16.9 Å². The van der Waals surface area contributed by atoms with E-state index in [0.29, 0.717) is 49.8 Å². The first-order chi connectivity index (χ1) is 16.5. The highest BCUT2D eigenvalue weighted by Gasteiger charge is 2.28. The van der Waals surface area contributed by atoms with Crippen molar-refractivity contribution in [3.05, 3.63) is 71.0 Å². The molecule has 178 valence electrons. The van der Waals surface area contributed by atoms with Crippen LogP contribution in [0.4, 0.5) is 0 Å². The maximum Gasteiger partial charge on any atom is 0.272 e. The molecule has 2 heterocycles. The minimum Gasteiger partial charge on any atom is -0.496 e. The predicted molar refractivity (Wildman–Crippen MR) is 126 cm³/mol. The van der Waals surface area contributed by atoms with Crippen LogP contribution in [0, 0.1) is 0 Å². The number of ether oxygens (including phenoxy) is 3. The zero-order valence-electron chi connectivity index (χ0n) is 19.5. The first kappa shape index (κ1) is 23.2. The highest BCUT2D eigenvalue weighted by molar-refractivity contribution is 5.98. The van der Waals surface area contributed by atoms with Crippen LogP contribution in [0.5, 0.6) is 17.2 Å². The van der Waals surface area contributed by atoms with Crippen LogP contribution in [0.25, 0.3) is 0 Å². The topological polar surface area (TPSA) is 94.9 Å². The van der Waals surface area contributed by atoms with Gasteiger partial charge in [0.25, 0.3) is 11.8 Å². The Hall–Kier alpha value is -4.01. The van der Waals surface area contributed by atoms with Crippen molar-refractivity contribution in [3.63, 3.8) is 0 Å². The maximum atomic E-state index is 13.0. The van der Waals surface area contributed by atoms with Gasteiger partial charge in [-0.1, -0.05) is 24.3 Å². The molecule has 0 spiro atoms. The van der Waals surface area contributed by atoms with Gasteiger partial charge in [-0.2, -0.15) is 5.10 Å². The smallest absolute Gasteiger partial charge is 0.272 e. The second kappa shape index (κ2) is 10.3. The molecule has 0 bridgehead atoms. The predicted octanol–water partition coefficient (Wildman–Crippen LogP) is 2.54. The molecule has 3 aromatic rings. The number of nitrogens with one attached hydrogen (secondary N) is 1. The number of methoxy groups -OCH3 is 3. The molecule has 9 heteroatoms. The maximum absolute atomic E-state index is 13.0. The summed E-state index contributed by atoms with van der Waals surface area (Å²) in [6, 6.07) is 14.8. The molecular weight excluding hydrogens is 436 g/mol. The number of nitrogens with zero attached hydrogens (tertiary/aromatic N) is 3. The van der Waals surface area contributed by atoms with E-state index < -0.39 is 0 Å². The molecule has 34 heavy (non-hydrogen) atoms. The van der Waals surface area contributed by atoms with E-state index in [2.05, 4.69) is 10.4 Å². The van der Waals surface area contributed by atoms with E-state index in [1.807, 2.05) is 42.5 Å². The zero-order chi connectivity index (χ0) is 24.1. The fraction of sp³-hybridized carbons (Fsp3) is 0.320. The lowest BCUT2D eigenvalue weighted by Gasteiger charge is -2.28. The average Bonchev–Trinajstić information content (AvgIpc) is 3.31. The van der Waals surface area contributed by atoms with E-state index in [-0.39, 0.29) is 17.5 Å². The Morgan fingerprint density at radius 2 is 1.74 bits per heavy atom. The lowest BCUT2D eigenvalue weighted by Crippen LogP contribution is -2.39. The molecule has 1 aliphatic heterocycles. The Balaban J connectivity index is 1.37. The number of benzene rings is 2. The molecule has 0 unspecified atom stereocenters. The Kier molecular flexibility index (Phi) is 7.01. The van der Waals surface area contributed by atoms with Crippen molar-refractivity contribution in [3.8, 4) is 17.2 Å². The molecule has 4 rings (SSSR count). The Morgan fingerprint density at radius 3 is 2.50 bits per heavy atom. The van der Waals surface area contributed by atoms with Crippen LogP contribution in [0.15, 0.2) is 48.5 Å². The van der Waals surface area contributed by atoms with Gasteiger partial charge in [0.2, 0.25) is 0 Å². The third-order valence-electron chi connectivity index (χ3n) is 5.80. The SMILES string of the molecule is COc1ccccc1CN1CCn2nc(C(=O)NCCc3ccc(OC)c(OC)c3)cc2C1=O. The van der Waals surface area contributed by atoms with E-state index in [1.54, 1.807) is 37.0 Å². The second-order valence-electron chi connectivity index (χ2n) is 7.87. The summed E-state index contributed by atoms with van der Waals surface area (Å²) >= 11 is 0. The molecule has 0 saturated carbocycles. The first-order valence-electron chi connectivity index (χ1n) is 11.0. The van der Waals surface area contributed by atoms with E-state index in [1.165, 1.54) is 0 Å². The third-order valence-corrected chi connectivity index (χ3v) is 5.80. The minimum atomic E-state index is -0.313. The van der Waals surface area contributed by atoms with Crippen LogP contribution in [0.2, 0.25) is 0 Å². The molecule has 1 N–H and O–H groups in total. The highest BCUT2D eigenvalue weighted by Crippen LogP contribution is 2.27. The van der Waals surface area contributed by atoms with Crippen molar-refractivity contribution < 1.29 is 23.8 Å². The van der Waals surface area contributed by atoms with Gasteiger partial charge in [-0.05, 0) is 30.2 Å². The lowest BCUT2D eigenvalue weighted by atomic mass is 10.1. The third kappa shape index (κ3) is 4.83. The van der Waals surface area contributed by atoms with Gasteiger partial charge in [-0.25, -0.2) is 0 Å². The molecule has 0 aliphatic carbocycles. The lowest BCUT2D eigenvalue weighted by molar-refractivity contribution is 0.0681. The van der Waals surface area contributed by atoms with Crippen LogP contribution >= 0.6 is 0 Å². The van der Waals surface area contributed by atoms with Gasteiger partial charge >= 0.3 is 0 Å². The number of rotatable bonds is 9. The number of fused-ring (bicyclic) bond motifs is 1. The molecule has 1 aromatic heterocycles. The van der Waals surface area contributed by atoms with Crippen molar-refractivity contribution in [1.82, 2.24) is 20.0 Å². The van der Waals surface area contributed by atoms with Crippen molar-refractivity contribution in [1.29, 1.82) is 0 Å². The summed E-state index contributed by atoms with van der Waals surface area (Å²) in [5.74, 6) is 1.57. The monoisotopic (exact) mass is 464 g/mol. The summed E-state index contributed by atoms with van der Waals surface area (Å²) in [6.45, 7) is 1.88. The summed E-state index contributed by atoms with van der Waals surface area (Å²) in [5.41, 5.74) is 2.57. The fourth-order valence-electron chi connectivity index (χ4n) is 3.99. The highest BCUT2D eigenvalue weighted by atomic mass is 16.5. The molecule has 1 aliphatic rings. The Morgan fingerprint density at radius 1 is 0.971 bits per heavy atom. The van der Waals surface area contributed by atoms with Gasteiger partial charge in [-0.3, -0.25) is 14.3 Å². The quantitative estimate of drug-likeness (QED) is 0.523. The number of hydrogen-bond donors (Lipinski definition) is 1. The molecule has 0 radical (unpaired) electrons. The van der Waals surface area contributed by atoms with Crippen molar-refractivity contribution in [2.45, 2.75) is 19.5 Å². The van der Waals surface area contributed by atoms with Crippen LogP contribution in [-0.4, -0.2) is 60.9 Å². The summed E-state index contributed by atoms with van der Waals surface area (Å²) in [4.78, 5) is 27.4. The summed E-state index contributed by atoms with van der Waals surface area (Å²) in [5, 5.41) is 7.22. The molecular formula is C25H28N4O5. The summed E-state index contributed by atoms with van der Waals surface area (Å²) in [7, 11) is 4.79. The van der Waals surface area contributed by atoms with Crippen molar-refractivity contribution in [2.24, 2.45) is 0 Å². The Labute approximate surface area is 198 Å². The Bertz CT molecular complexity index is 1190. The van der Waals surface area contributed by atoms with Crippen LogP contribution in [0.3, 0.4) is 0 Å². The number of hydrogen-bond acceptors (Lipinski definition) is 6. The fourth-order valence-corrected chi connectivity index (χ4v) is 3.99. The number of amides is 2. The van der Waals surface area contributed by atoms with Crippen LogP contribution in [0.1, 0.15) is 32.1 Å². The number of carbonyl (C=O) groups excluding carboxylic acids is 2. The number of aromatic nitrogens is 2. The summed E-state index contributed by atoms with van der Waals surface area (Å²) in [6.07, 6.45) is 0.616. The van der Waals surface area contributed by atoms with E-state index in [9.17, 15) is 9.59 Å². The van der Waals surface area contributed by atoms with Crippen LogP contribution in [-0.2, 0) is 19.5 Å². The standard InChI is InChI=1S/C25H28N4O5/c1-32-21-7-5-4-6-18(21)16-28-12-13-29-20(25(28)31)15-19(27-29)24(30)26-11-10-17-8-9-22(33-2)23(14-17)34-3/h4-9,14-15H,10-13,16H2,1-3H3,(H,26,30). The summed E-state index contributed by atoms with van der Waals surface area (Å²) < 4.78 is 17.6. The van der Waals surface area contributed by atoms with Crippen molar-refractivity contribution >= 4 is 11.8 Å².